The van der Waals surface area contributed by atoms with Crippen LogP contribution in [0.5, 0.6) is 0 Å². The Bertz CT molecular complexity index is 795. The monoisotopic (exact) mass is 340 g/mol. The van der Waals surface area contributed by atoms with E-state index in [1.54, 1.807) is 23.9 Å². The van der Waals surface area contributed by atoms with Crippen LogP contribution in [0.1, 0.15) is 18.5 Å². The molecule has 3 rings (SSSR count). The molecule has 0 bridgehead atoms. The number of piperidine rings is 1. The highest BCUT2D eigenvalue weighted by Gasteiger charge is 2.28. The van der Waals surface area contributed by atoms with Crippen LogP contribution < -0.4 is 5.32 Å². The van der Waals surface area contributed by atoms with E-state index in [1.165, 1.54) is 0 Å². The maximum Gasteiger partial charge on any atom is 0.319 e. The highest BCUT2D eigenvalue weighted by atomic mass is 16.2. The molecule has 1 aromatic heterocycles. The summed E-state index contributed by atoms with van der Waals surface area (Å²) in [5.41, 5.74) is 2.48. The van der Waals surface area contributed by atoms with Gasteiger partial charge in [0.2, 0.25) is 5.91 Å². The number of likely N-dealkylation sites (tertiary alicyclic amines) is 1. The number of nitrogens with zero attached hydrogens (tertiary/aromatic N) is 3. The van der Waals surface area contributed by atoms with Crippen molar-refractivity contribution in [3.05, 3.63) is 36.0 Å². The lowest BCUT2D eigenvalue weighted by molar-refractivity contribution is -0.121. The van der Waals surface area contributed by atoms with E-state index in [0.717, 1.165) is 22.3 Å². The van der Waals surface area contributed by atoms with Crippen LogP contribution in [0.4, 0.5) is 10.5 Å². The topological polar surface area (TPSA) is 65.5 Å². The van der Waals surface area contributed by atoms with Crippen LogP contribution in [0.3, 0.4) is 0 Å². The number of para-hydroxylation sites is 1. The molecule has 2 heterocycles. The van der Waals surface area contributed by atoms with Crippen molar-refractivity contribution in [1.82, 2.24) is 14.8 Å². The van der Waals surface area contributed by atoms with E-state index in [4.69, 9.17) is 0 Å². The minimum absolute atomic E-state index is 0.00702. The molecule has 1 saturated heterocycles. The van der Waals surface area contributed by atoms with Crippen molar-refractivity contribution in [3.63, 3.8) is 0 Å². The number of aryl methyl sites for hydroxylation is 1. The van der Waals surface area contributed by atoms with Crippen LogP contribution in [-0.2, 0) is 4.79 Å². The molecule has 6 nitrogen and oxygen atoms in total. The molecule has 0 spiro atoms. The average molecular weight is 340 g/mol. The number of aromatic nitrogens is 1. The lowest BCUT2D eigenvalue weighted by Gasteiger charge is -2.33. The number of benzene rings is 1. The van der Waals surface area contributed by atoms with Gasteiger partial charge in [-0.1, -0.05) is 18.2 Å². The van der Waals surface area contributed by atoms with Gasteiger partial charge in [0, 0.05) is 44.2 Å². The summed E-state index contributed by atoms with van der Waals surface area (Å²) < 4.78 is 0. The smallest absolute Gasteiger partial charge is 0.319 e. The van der Waals surface area contributed by atoms with E-state index in [-0.39, 0.29) is 17.9 Å². The maximum absolute atomic E-state index is 12.7. The number of amides is 3. The second-order valence-electron chi connectivity index (χ2n) is 6.76. The molecule has 0 radical (unpaired) electrons. The highest BCUT2D eigenvalue weighted by molar-refractivity contribution is 6.01. The molecule has 0 unspecified atom stereocenters. The van der Waals surface area contributed by atoms with E-state index >= 15 is 0 Å². The summed E-state index contributed by atoms with van der Waals surface area (Å²) >= 11 is 0. The predicted molar refractivity (Wildman–Crippen MR) is 98.5 cm³/mol. The van der Waals surface area contributed by atoms with Crippen molar-refractivity contribution in [2.75, 3.05) is 32.5 Å². The predicted octanol–water partition coefficient (Wildman–Crippen LogP) is 2.88. The summed E-state index contributed by atoms with van der Waals surface area (Å²) in [6.07, 6.45) is 1.37. The van der Waals surface area contributed by atoms with Crippen LogP contribution in [0.15, 0.2) is 30.3 Å². The number of carbonyl (C=O) groups is 2. The van der Waals surface area contributed by atoms with Gasteiger partial charge in [-0.15, -0.1) is 0 Å². The first-order chi connectivity index (χ1) is 12.0. The van der Waals surface area contributed by atoms with Crippen LogP contribution in [-0.4, -0.2) is 53.9 Å². The minimum atomic E-state index is -0.0775. The fourth-order valence-corrected chi connectivity index (χ4v) is 3.20. The zero-order chi connectivity index (χ0) is 18.0. The zero-order valence-corrected chi connectivity index (χ0v) is 15.0. The van der Waals surface area contributed by atoms with E-state index in [2.05, 4.69) is 10.3 Å². The van der Waals surface area contributed by atoms with E-state index in [0.29, 0.717) is 25.9 Å². The normalized spacial score (nSPS) is 15.2. The summed E-state index contributed by atoms with van der Waals surface area (Å²) in [5, 5.41) is 4.04. The van der Waals surface area contributed by atoms with Gasteiger partial charge >= 0.3 is 6.03 Å². The Morgan fingerprint density at radius 3 is 2.56 bits per heavy atom. The molecule has 1 aliphatic rings. The summed E-state index contributed by atoms with van der Waals surface area (Å²) in [7, 11) is 3.49. The molecule has 1 fully saturated rings. The number of anilines is 1. The van der Waals surface area contributed by atoms with Gasteiger partial charge in [-0.2, -0.15) is 0 Å². The number of urea groups is 1. The molecule has 0 atom stereocenters. The Balaban J connectivity index is 1.68. The fraction of sp³-hybridized carbons (Fsp3) is 0.421. The lowest BCUT2D eigenvalue weighted by Crippen LogP contribution is -2.45. The Kier molecular flexibility index (Phi) is 4.88. The van der Waals surface area contributed by atoms with Gasteiger partial charge in [0.05, 0.1) is 11.2 Å². The summed E-state index contributed by atoms with van der Waals surface area (Å²) in [5.74, 6) is -0.0703. The third kappa shape index (κ3) is 3.73. The van der Waals surface area contributed by atoms with Crippen LogP contribution in [0.25, 0.3) is 10.9 Å². The zero-order valence-electron chi connectivity index (χ0n) is 15.0. The standard InChI is InChI=1S/C19H24N4O2/c1-13-7-8-14-5-4-6-16(17(14)20-13)21-18(24)15-9-11-23(12-10-15)19(25)22(2)3/h4-8,15H,9-12H2,1-3H3,(H,21,24). The van der Waals surface area contributed by atoms with Crippen molar-refractivity contribution in [2.45, 2.75) is 19.8 Å². The van der Waals surface area contributed by atoms with Crippen molar-refractivity contribution >= 4 is 28.5 Å². The Hall–Kier alpha value is -2.63. The highest BCUT2D eigenvalue weighted by Crippen LogP contribution is 2.24. The Labute approximate surface area is 147 Å². The quantitative estimate of drug-likeness (QED) is 0.914. The van der Waals surface area contributed by atoms with E-state index < -0.39 is 0 Å². The minimum Gasteiger partial charge on any atom is -0.331 e. The number of nitrogens with one attached hydrogen (secondary N) is 1. The first-order valence-corrected chi connectivity index (χ1v) is 8.59. The largest absolute Gasteiger partial charge is 0.331 e. The van der Waals surface area contributed by atoms with E-state index in [1.807, 2.05) is 37.3 Å². The molecular weight excluding hydrogens is 316 g/mol. The van der Waals surface area contributed by atoms with Gasteiger partial charge < -0.3 is 15.1 Å². The van der Waals surface area contributed by atoms with Gasteiger partial charge in [-0.25, -0.2) is 4.79 Å². The first kappa shape index (κ1) is 17.2. The molecule has 25 heavy (non-hydrogen) atoms. The number of fused-ring (bicyclic) bond motifs is 1. The van der Waals surface area contributed by atoms with Crippen molar-refractivity contribution in [3.8, 4) is 0 Å². The van der Waals surface area contributed by atoms with Gasteiger partial charge in [0.1, 0.15) is 0 Å². The van der Waals surface area contributed by atoms with Crippen LogP contribution in [0, 0.1) is 12.8 Å². The molecule has 1 aliphatic heterocycles. The molecule has 0 saturated carbocycles. The number of rotatable bonds is 2. The van der Waals surface area contributed by atoms with Gasteiger partial charge in [-0.05, 0) is 31.9 Å². The summed E-state index contributed by atoms with van der Waals surface area (Å²) in [6, 6.07) is 9.78. The molecule has 3 amide bonds. The molecule has 2 aromatic rings. The molecule has 1 aromatic carbocycles. The van der Waals surface area contributed by atoms with Crippen LogP contribution >= 0.6 is 0 Å². The molecule has 0 aliphatic carbocycles. The molecular formula is C19H24N4O2. The molecule has 6 heteroatoms. The summed E-state index contributed by atoms with van der Waals surface area (Å²) in [6.45, 7) is 3.17. The van der Waals surface area contributed by atoms with Gasteiger partial charge in [0.25, 0.3) is 0 Å². The van der Waals surface area contributed by atoms with Gasteiger partial charge in [0.15, 0.2) is 0 Å². The van der Waals surface area contributed by atoms with Gasteiger partial charge in [-0.3, -0.25) is 9.78 Å². The molecule has 132 valence electrons. The Morgan fingerprint density at radius 1 is 1.16 bits per heavy atom. The third-order valence-corrected chi connectivity index (χ3v) is 4.64. The lowest BCUT2D eigenvalue weighted by atomic mass is 9.96. The second-order valence-corrected chi connectivity index (χ2v) is 6.76. The Morgan fingerprint density at radius 2 is 1.88 bits per heavy atom. The second kappa shape index (κ2) is 7.09. The SMILES string of the molecule is Cc1ccc2cccc(NC(=O)C3CCN(C(=O)N(C)C)CC3)c2n1. The van der Waals surface area contributed by atoms with E-state index in [9.17, 15) is 9.59 Å². The maximum atomic E-state index is 12.7. The fourth-order valence-electron chi connectivity index (χ4n) is 3.20. The molecule has 1 N–H and O–H groups in total. The number of hydrogen-bond acceptors (Lipinski definition) is 3. The summed E-state index contributed by atoms with van der Waals surface area (Å²) in [4.78, 5) is 32.6. The van der Waals surface area contributed by atoms with Crippen molar-refractivity contribution < 1.29 is 9.59 Å². The number of pyridine rings is 1. The third-order valence-electron chi connectivity index (χ3n) is 4.64. The number of hydrogen-bond donors (Lipinski definition) is 1. The average Bonchev–Trinajstić information content (AvgIpc) is 2.61. The van der Waals surface area contributed by atoms with Crippen LogP contribution in [0.2, 0.25) is 0 Å². The first-order valence-electron chi connectivity index (χ1n) is 8.59. The number of carbonyl (C=O) groups excluding carboxylic acids is 2. The van der Waals surface area contributed by atoms with Crippen molar-refractivity contribution in [1.29, 1.82) is 0 Å². The van der Waals surface area contributed by atoms with Crippen molar-refractivity contribution in [2.24, 2.45) is 5.92 Å².